The molecule has 1 aromatic carbocycles. The minimum absolute atomic E-state index is 0.00219. The number of hydrogen-bond acceptors (Lipinski definition) is 9. The van der Waals surface area contributed by atoms with Crippen LogP contribution in [0.15, 0.2) is 6.07 Å². The van der Waals surface area contributed by atoms with Gasteiger partial charge in [0, 0.05) is 29.9 Å². The van der Waals surface area contributed by atoms with E-state index in [-0.39, 0.29) is 40.4 Å². The van der Waals surface area contributed by atoms with Gasteiger partial charge in [-0.1, -0.05) is 11.6 Å². The monoisotopic (exact) mass is 536 g/mol. The average molecular weight is 537 g/mol. The molecule has 2 aromatic rings. The van der Waals surface area contributed by atoms with Crippen molar-refractivity contribution >= 4 is 50.8 Å². The number of carbonyl (C=O) groups is 3. The first kappa shape index (κ1) is 25.0. The van der Waals surface area contributed by atoms with Crippen molar-refractivity contribution in [2.45, 2.75) is 44.5 Å². The Kier molecular flexibility index (Phi) is 6.08. The van der Waals surface area contributed by atoms with Crippen LogP contribution < -0.4 is 8.92 Å². The first-order chi connectivity index (χ1) is 16.2. The zero-order chi connectivity index (χ0) is 25.9. The van der Waals surface area contributed by atoms with Crippen molar-refractivity contribution in [3.05, 3.63) is 27.8 Å². The van der Waals surface area contributed by atoms with Gasteiger partial charge >= 0.3 is 21.6 Å². The van der Waals surface area contributed by atoms with Crippen LogP contribution in [0.1, 0.15) is 36.6 Å². The van der Waals surface area contributed by atoms with Gasteiger partial charge in [0.05, 0.1) is 23.1 Å². The van der Waals surface area contributed by atoms with Gasteiger partial charge in [0.1, 0.15) is 5.75 Å². The first-order valence-corrected chi connectivity index (χ1v) is 11.8. The van der Waals surface area contributed by atoms with E-state index in [1.807, 2.05) is 0 Å². The van der Waals surface area contributed by atoms with Gasteiger partial charge in [-0.15, -0.1) is 0 Å². The summed E-state index contributed by atoms with van der Waals surface area (Å²) >= 11 is 6.23. The topological polar surface area (TPSA) is 129 Å². The molecule has 188 valence electrons. The summed E-state index contributed by atoms with van der Waals surface area (Å²) in [6, 6.07) is 0.418. The van der Waals surface area contributed by atoms with E-state index >= 15 is 0 Å². The first-order valence-electron chi connectivity index (χ1n) is 9.98. The lowest BCUT2D eigenvalue weighted by atomic mass is 9.94. The number of alkyl halides is 3. The molecule has 3 heterocycles. The predicted octanol–water partition coefficient (Wildman–Crippen LogP) is 2.59. The second kappa shape index (κ2) is 8.52. The molecule has 4 rings (SSSR count). The third-order valence-electron chi connectivity index (χ3n) is 5.62. The van der Waals surface area contributed by atoms with Crippen LogP contribution in [0.25, 0.3) is 10.9 Å². The number of aldehydes is 1. The Hall–Kier alpha value is -3.13. The van der Waals surface area contributed by atoms with Crippen LogP contribution >= 0.6 is 11.6 Å². The highest BCUT2D eigenvalue weighted by molar-refractivity contribution is 7.88. The summed E-state index contributed by atoms with van der Waals surface area (Å²) in [5.41, 5.74) is -5.16. The molecule has 1 unspecified atom stereocenters. The number of hydrogen-bond donors (Lipinski definition) is 0. The van der Waals surface area contributed by atoms with Crippen molar-refractivity contribution in [3.63, 3.8) is 0 Å². The molecular weight excluding hydrogens is 521 g/mol. The summed E-state index contributed by atoms with van der Waals surface area (Å²) in [7, 11) is -6.09. The number of halogens is 4. The highest BCUT2D eigenvalue weighted by atomic mass is 35.5. The van der Waals surface area contributed by atoms with Crippen LogP contribution in [0.3, 0.4) is 0 Å². The predicted molar refractivity (Wildman–Crippen MR) is 112 cm³/mol. The summed E-state index contributed by atoms with van der Waals surface area (Å²) in [6.07, 6.45) is -0.246. The summed E-state index contributed by atoms with van der Waals surface area (Å²) < 4.78 is 77.3. The normalized spacial score (nSPS) is 19.2. The molecule has 0 fully saturated rings. The Morgan fingerprint density at radius 2 is 2.03 bits per heavy atom. The van der Waals surface area contributed by atoms with Crippen molar-refractivity contribution in [2.75, 3.05) is 6.61 Å². The Balaban J connectivity index is 1.92. The lowest BCUT2D eigenvalue weighted by molar-refractivity contribution is -0.151. The number of ether oxygens (including phenoxy) is 2. The van der Waals surface area contributed by atoms with Gasteiger partial charge in [-0.3, -0.25) is 14.4 Å². The number of carbonyl (C=O) groups excluding carboxylic acids is 3. The van der Waals surface area contributed by atoms with E-state index < -0.39 is 52.1 Å². The standard InChI is InChI=1S/C20H16ClF3N2O8S/c1-8-16-12(5-26(8)15(29)7-32-9(2)28)19(34-35(30,31)20(22,23)24)25-14-4-13(21)18-11(17(14)16)3-10(6-27)33-18/h4,6,8,10H,3,5,7H2,1-2H3/t8-,10?/m0/s1. The minimum atomic E-state index is -6.09. The van der Waals surface area contributed by atoms with E-state index in [1.165, 1.54) is 11.0 Å². The second-order valence-corrected chi connectivity index (χ2v) is 9.77. The maximum atomic E-state index is 13.0. The van der Waals surface area contributed by atoms with Crippen molar-refractivity contribution < 1.29 is 49.6 Å². The highest BCUT2D eigenvalue weighted by Gasteiger charge is 2.50. The lowest BCUT2D eigenvalue weighted by Gasteiger charge is -2.22. The van der Waals surface area contributed by atoms with Crippen molar-refractivity contribution in [1.29, 1.82) is 0 Å². The Morgan fingerprint density at radius 3 is 2.63 bits per heavy atom. The molecule has 0 spiro atoms. The van der Waals surface area contributed by atoms with Crippen LogP contribution in [0.2, 0.25) is 5.02 Å². The molecule has 0 N–H and O–H groups in total. The third kappa shape index (κ3) is 4.24. The molecule has 10 nitrogen and oxygen atoms in total. The van der Waals surface area contributed by atoms with Gasteiger partial charge in [-0.25, -0.2) is 4.98 Å². The fourth-order valence-corrected chi connectivity index (χ4v) is 4.84. The van der Waals surface area contributed by atoms with Crippen LogP contribution in [0, 0.1) is 0 Å². The zero-order valence-corrected chi connectivity index (χ0v) is 19.6. The van der Waals surface area contributed by atoms with E-state index in [9.17, 15) is 36.0 Å². The number of aromatic nitrogens is 1. The number of amides is 1. The maximum Gasteiger partial charge on any atom is 0.534 e. The van der Waals surface area contributed by atoms with Gasteiger partial charge in [-0.05, 0) is 18.6 Å². The molecule has 0 radical (unpaired) electrons. The van der Waals surface area contributed by atoms with Gasteiger partial charge in [0.25, 0.3) is 5.91 Å². The molecule has 0 saturated heterocycles. The number of pyridine rings is 1. The average Bonchev–Trinajstić information content (AvgIpc) is 3.33. The van der Waals surface area contributed by atoms with Gasteiger partial charge in [0.2, 0.25) is 5.88 Å². The van der Waals surface area contributed by atoms with Gasteiger partial charge in [0.15, 0.2) is 19.0 Å². The van der Waals surface area contributed by atoms with Crippen molar-refractivity contribution in [3.8, 4) is 11.6 Å². The molecule has 2 aliphatic rings. The lowest BCUT2D eigenvalue weighted by Crippen LogP contribution is -2.32. The van der Waals surface area contributed by atoms with Gasteiger partial charge in [-0.2, -0.15) is 21.6 Å². The maximum absolute atomic E-state index is 13.0. The molecule has 15 heteroatoms. The molecule has 2 aliphatic heterocycles. The Morgan fingerprint density at radius 1 is 1.34 bits per heavy atom. The SMILES string of the molecule is CC(=O)OCC(=O)N1Cc2c(OS(=O)(=O)C(F)(F)F)nc3cc(Cl)c4c(c3c2[C@@H]1C)CC(C=O)O4. The summed E-state index contributed by atoms with van der Waals surface area (Å²) in [4.78, 5) is 40.3. The van der Waals surface area contributed by atoms with Crippen LogP contribution in [-0.2, 0) is 42.2 Å². The fourth-order valence-electron chi connectivity index (χ4n) is 4.14. The number of nitrogens with zero attached hydrogens (tertiary/aromatic N) is 2. The Labute approximate surface area is 201 Å². The molecule has 0 bridgehead atoms. The second-order valence-electron chi connectivity index (χ2n) is 7.83. The van der Waals surface area contributed by atoms with E-state index in [0.29, 0.717) is 17.2 Å². The summed E-state index contributed by atoms with van der Waals surface area (Å²) in [5, 5.41) is 0.346. The van der Waals surface area contributed by atoms with Crippen LogP contribution in [0.4, 0.5) is 13.2 Å². The molecule has 1 aromatic heterocycles. The van der Waals surface area contributed by atoms with Crippen molar-refractivity contribution in [2.24, 2.45) is 0 Å². The van der Waals surface area contributed by atoms with Crippen molar-refractivity contribution in [1.82, 2.24) is 9.88 Å². The highest BCUT2D eigenvalue weighted by Crippen LogP contribution is 2.49. The fraction of sp³-hybridized carbons (Fsp3) is 0.400. The molecular formula is C20H16ClF3N2O8S. The van der Waals surface area contributed by atoms with E-state index in [0.717, 1.165) is 6.92 Å². The third-order valence-corrected chi connectivity index (χ3v) is 6.84. The minimum Gasteiger partial charge on any atom is -0.481 e. The zero-order valence-electron chi connectivity index (χ0n) is 18.0. The number of fused-ring (bicyclic) bond motifs is 5. The summed E-state index contributed by atoms with van der Waals surface area (Å²) in [5.74, 6) is -2.11. The van der Waals surface area contributed by atoms with Crippen LogP contribution in [0.5, 0.6) is 11.6 Å². The smallest absolute Gasteiger partial charge is 0.481 e. The number of esters is 1. The largest absolute Gasteiger partial charge is 0.534 e. The van der Waals surface area contributed by atoms with E-state index in [4.69, 9.17) is 21.1 Å². The van der Waals surface area contributed by atoms with Gasteiger partial charge < -0.3 is 18.6 Å². The van der Waals surface area contributed by atoms with E-state index in [1.54, 1.807) is 6.92 Å². The Bertz CT molecular complexity index is 1380. The number of benzene rings is 1. The molecule has 2 atom stereocenters. The molecule has 0 aliphatic carbocycles. The van der Waals surface area contributed by atoms with E-state index in [2.05, 4.69) is 9.17 Å². The summed E-state index contributed by atoms with van der Waals surface area (Å²) in [6.45, 7) is 1.62. The molecule has 35 heavy (non-hydrogen) atoms. The van der Waals surface area contributed by atoms with Crippen LogP contribution in [-0.4, -0.2) is 54.7 Å². The molecule has 0 saturated carbocycles. The molecule has 1 amide bonds. The number of rotatable bonds is 5. The quantitative estimate of drug-likeness (QED) is 0.245.